The highest BCUT2D eigenvalue weighted by molar-refractivity contribution is 9.10. The second kappa shape index (κ2) is 9.70. The molecule has 1 heterocycles. The van der Waals surface area contributed by atoms with Crippen LogP contribution in [0.3, 0.4) is 0 Å². The first-order valence-corrected chi connectivity index (χ1v) is 10.6. The van der Waals surface area contributed by atoms with Crippen LogP contribution in [0.15, 0.2) is 65.7 Å². The lowest BCUT2D eigenvalue weighted by molar-refractivity contribution is 0.307. The lowest BCUT2D eigenvalue weighted by Gasteiger charge is -2.18. The quantitative estimate of drug-likeness (QED) is 0.383. The van der Waals surface area contributed by atoms with Gasteiger partial charge in [-0.3, -0.25) is 0 Å². The Bertz CT molecular complexity index is 828. The molecule has 3 nitrogen and oxygen atoms in total. The molecule has 0 aliphatic rings. The summed E-state index contributed by atoms with van der Waals surface area (Å²) < 4.78 is 9.08. The molecule has 0 spiro atoms. The van der Waals surface area contributed by atoms with Crippen molar-refractivity contribution >= 4 is 50.9 Å². The van der Waals surface area contributed by atoms with E-state index in [0.717, 1.165) is 28.1 Å². The molecule has 136 valence electrons. The van der Waals surface area contributed by atoms with E-state index in [9.17, 15) is 0 Å². The number of hydrogen-bond donors (Lipinski definition) is 0. The number of benzene rings is 2. The van der Waals surface area contributed by atoms with E-state index in [0.29, 0.717) is 16.7 Å². The number of rotatable bonds is 8. The highest BCUT2D eigenvalue weighted by Gasteiger charge is 2.13. The average Bonchev–Trinajstić information content (AvgIpc) is 3.14. The Morgan fingerprint density at radius 2 is 1.92 bits per heavy atom. The molecule has 2 aromatic carbocycles. The van der Waals surface area contributed by atoms with Crippen molar-refractivity contribution in [2.45, 2.75) is 17.5 Å². The molecule has 0 saturated heterocycles. The average molecular weight is 472 g/mol. The van der Waals surface area contributed by atoms with Gasteiger partial charge in [-0.05, 0) is 42.0 Å². The zero-order valence-electron chi connectivity index (χ0n) is 13.8. The highest BCUT2D eigenvalue weighted by atomic mass is 79.9. The summed E-state index contributed by atoms with van der Waals surface area (Å²) in [6.45, 7) is 1.42. The zero-order chi connectivity index (χ0) is 18.4. The zero-order valence-corrected chi connectivity index (χ0v) is 17.7. The van der Waals surface area contributed by atoms with Gasteiger partial charge in [0.05, 0.1) is 21.6 Å². The summed E-state index contributed by atoms with van der Waals surface area (Å²) in [5.74, 6) is 1.69. The van der Waals surface area contributed by atoms with E-state index in [2.05, 4.69) is 25.5 Å². The summed E-state index contributed by atoms with van der Waals surface area (Å²) in [5, 5.41) is 1.43. The maximum atomic E-state index is 6.12. The number of ether oxygens (including phenoxy) is 1. The summed E-state index contributed by atoms with van der Waals surface area (Å²) in [4.78, 5) is 4.12. The third-order valence-corrected chi connectivity index (χ3v) is 6.22. The first-order valence-electron chi connectivity index (χ1n) is 8.00. The smallest absolute Gasteiger partial charge is 0.119 e. The standard InChI is InChI=1S/C19H17BrCl2N2OS/c20-15-2-4-16(5-3-15)25-11-17(10-24-8-7-23-13-24)26-12-14-1-6-18(21)19(22)9-14/h1-9,13,17H,10-12H2. The molecule has 0 aliphatic heterocycles. The largest absolute Gasteiger partial charge is 0.492 e. The molecule has 0 N–H and O–H groups in total. The molecule has 0 amide bonds. The molecule has 0 saturated carbocycles. The Balaban J connectivity index is 1.62. The van der Waals surface area contributed by atoms with Gasteiger partial charge in [0, 0.05) is 29.2 Å². The summed E-state index contributed by atoms with van der Waals surface area (Å²) in [7, 11) is 0. The van der Waals surface area contributed by atoms with Crippen LogP contribution < -0.4 is 4.74 Å². The van der Waals surface area contributed by atoms with Gasteiger partial charge in [-0.2, -0.15) is 0 Å². The molecule has 3 aromatic rings. The van der Waals surface area contributed by atoms with Crippen molar-refractivity contribution in [2.75, 3.05) is 6.61 Å². The van der Waals surface area contributed by atoms with Crippen LogP contribution in [0.1, 0.15) is 5.56 Å². The first kappa shape index (κ1) is 19.6. The highest BCUT2D eigenvalue weighted by Crippen LogP contribution is 2.27. The maximum absolute atomic E-state index is 6.12. The predicted molar refractivity (Wildman–Crippen MR) is 113 cm³/mol. The number of halogens is 3. The summed E-state index contributed by atoms with van der Waals surface area (Å²) in [5.41, 5.74) is 1.14. The fourth-order valence-corrected chi connectivity index (χ4v) is 3.98. The Hall–Kier alpha value is -1.14. The molecular weight excluding hydrogens is 455 g/mol. The Morgan fingerprint density at radius 3 is 2.62 bits per heavy atom. The predicted octanol–water partition coefficient (Wildman–Crippen LogP) is 6.33. The van der Waals surface area contributed by atoms with Gasteiger partial charge in [-0.15, -0.1) is 11.8 Å². The van der Waals surface area contributed by atoms with Gasteiger partial charge in [0.15, 0.2) is 0 Å². The number of thioether (sulfide) groups is 1. The van der Waals surface area contributed by atoms with E-state index >= 15 is 0 Å². The third-order valence-electron chi connectivity index (χ3n) is 3.69. The molecule has 7 heteroatoms. The van der Waals surface area contributed by atoms with Crippen LogP contribution in [-0.4, -0.2) is 21.4 Å². The Morgan fingerprint density at radius 1 is 1.12 bits per heavy atom. The van der Waals surface area contributed by atoms with Crippen LogP contribution in [0, 0.1) is 0 Å². The van der Waals surface area contributed by atoms with Crippen molar-refractivity contribution in [1.29, 1.82) is 0 Å². The van der Waals surface area contributed by atoms with E-state index in [1.54, 1.807) is 6.20 Å². The van der Waals surface area contributed by atoms with Gasteiger partial charge in [0.1, 0.15) is 12.4 Å². The van der Waals surface area contributed by atoms with Crippen LogP contribution in [0.5, 0.6) is 5.75 Å². The molecule has 26 heavy (non-hydrogen) atoms. The SMILES string of the molecule is Clc1ccc(CSC(COc2ccc(Br)cc2)Cn2ccnc2)cc1Cl. The lowest BCUT2D eigenvalue weighted by Crippen LogP contribution is -2.20. The van der Waals surface area contributed by atoms with Crippen molar-refractivity contribution in [3.63, 3.8) is 0 Å². The molecule has 1 aromatic heterocycles. The maximum Gasteiger partial charge on any atom is 0.119 e. The van der Waals surface area contributed by atoms with Crippen molar-refractivity contribution in [2.24, 2.45) is 0 Å². The van der Waals surface area contributed by atoms with E-state index in [-0.39, 0.29) is 5.25 Å². The molecule has 1 atom stereocenters. The van der Waals surface area contributed by atoms with Gasteiger partial charge in [0.2, 0.25) is 0 Å². The topological polar surface area (TPSA) is 27.1 Å². The normalized spacial score (nSPS) is 12.1. The van der Waals surface area contributed by atoms with Gasteiger partial charge >= 0.3 is 0 Å². The van der Waals surface area contributed by atoms with E-state index < -0.39 is 0 Å². The van der Waals surface area contributed by atoms with Crippen LogP contribution in [-0.2, 0) is 12.3 Å². The minimum Gasteiger partial charge on any atom is -0.492 e. The van der Waals surface area contributed by atoms with Gasteiger partial charge in [0.25, 0.3) is 0 Å². The van der Waals surface area contributed by atoms with Crippen LogP contribution >= 0.6 is 50.9 Å². The molecule has 0 radical (unpaired) electrons. The second-order valence-electron chi connectivity index (χ2n) is 5.71. The molecular formula is C19H17BrCl2N2OS. The van der Waals surface area contributed by atoms with E-state index in [4.69, 9.17) is 27.9 Å². The summed E-state index contributed by atoms with van der Waals surface area (Å²) in [6, 6.07) is 13.6. The van der Waals surface area contributed by atoms with Crippen molar-refractivity contribution in [3.05, 3.63) is 81.3 Å². The second-order valence-corrected chi connectivity index (χ2v) is 8.72. The monoisotopic (exact) mass is 470 g/mol. The molecule has 3 rings (SSSR count). The van der Waals surface area contributed by atoms with Crippen molar-refractivity contribution in [3.8, 4) is 5.75 Å². The Labute approximate surface area is 175 Å². The fourth-order valence-electron chi connectivity index (χ4n) is 2.35. The van der Waals surface area contributed by atoms with Gasteiger partial charge < -0.3 is 9.30 Å². The minimum atomic E-state index is 0.266. The van der Waals surface area contributed by atoms with Crippen LogP contribution in [0.4, 0.5) is 0 Å². The number of imidazole rings is 1. The Kier molecular flexibility index (Phi) is 7.32. The minimum absolute atomic E-state index is 0.266. The van der Waals surface area contributed by atoms with E-state index in [1.807, 2.05) is 66.8 Å². The number of aromatic nitrogens is 2. The fraction of sp³-hybridized carbons (Fsp3) is 0.211. The number of nitrogens with zero attached hydrogens (tertiary/aromatic N) is 2. The molecule has 1 unspecified atom stereocenters. The van der Waals surface area contributed by atoms with Crippen molar-refractivity contribution < 1.29 is 4.74 Å². The number of hydrogen-bond acceptors (Lipinski definition) is 3. The summed E-state index contributed by atoms with van der Waals surface area (Å²) >= 11 is 17.4. The third kappa shape index (κ3) is 5.95. The van der Waals surface area contributed by atoms with Crippen LogP contribution in [0.2, 0.25) is 10.0 Å². The van der Waals surface area contributed by atoms with Gasteiger partial charge in [-0.25, -0.2) is 4.98 Å². The van der Waals surface area contributed by atoms with Crippen LogP contribution in [0.25, 0.3) is 0 Å². The molecule has 0 bridgehead atoms. The first-order chi connectivity index (χ1) is 12.6. The molecule has 0 fully saturated rings. The lowest BCUT2D eigenvalue weighted by atomic mass is 10.2. The molecule has 0 aliphatic carbocycles. The van der Waals surface area contributed by atoms with E-state index in [1.165, 1.54) is 0 Å². The van der Waals surface area contributed by atoms with Crippen molar-refractivity contribution in [1.82, 2.24) is 9.55 Å². The van der Waals surface area contributed by atoms with Gasteiger partial charge in [-0.1, -0.05) is 45.2 Å². The summed E-state index contributed by atoms with van der Waals surface area (Å²) in [6.07, 6.45) is 5.58.